The van der Waals surface area contributed by atoms with Gasteiger partial charge < -0.3 is 19.9 Å². The SMILES string of the molecule is COCCCN1CCN(C(=O)c2cc(NCc3ccc(F)cc3C)c3[nH]c(C)c(C)c3c2)CC1. The van der Waals surface area contributed by atoms with E-state index in [0.29, 0.717) is 12.1 Å². The molecule has 2 heterocycles. The third kappa shape index (κ3) is 5.26. The van der Waals surface area contributed by atoms with E-state index in [4.69, 9.17) is 4.74 Å². The van der Waals surface area contributed by atoms with Crippen LogP contribution in [0.3, 0.4) is 0 Å². The fourth-order valence-corrected chi connectivity index (χ4v) is 4.66. The Hall–Kier alpha value is -2.90. The number of amides is 1. The standard InChI is InChI=1S/C27H35FN4O2/c1-18-14-23(28)7-6-21(18)17-29-25-16-22(15-24-19(2)20(3)30-26(24)25)27(33)32-11-9-31(10-12-32)8-5-13-34-4/h6-7,14-16,29-30H,5,8-13,17H2,1-4H3. The lowest BCUT2D eigenvalue weighted by Crippen LogP contribution is -2.49. The maximum Gasteiger partial charge on any atom is 0.254 e. The van der Waals surface area contributed by atoms with Crippen LogP contribution < -0.4 is 5.32 Å². The summed E-state index contributed by atoms with van der Waals surface area (Å²) in [6.07, 6.45) is 1.01. The average molecular weight is 467 g/mol. The Kier molecular flexibility index (Phi) is 7.54. The fraction of sp³-hybridized carbons (Fsp3) is 0.444. The number of rotatable bonds is 8. The summed E-state index contributed by atoms with van der Waals surface area (Å²) in [6.45, 7) is 11.6. The molecule has 1 aliphatic rings. The molecule has 0 atom stereocenters. The molecule has 3 aromatic rings. The lowest BCUT2D eigenvalue weighted by Gasteiger charge is -2.34. The van der Waals surface area contributed by atoms with Crippen LogP contribution in [0, 0.1) is 26.6 Å². The summed E-state index contributed by atoms with van der Waals surface area (Å²) in [6, 6.07) is 8.79. The summed E-state index contributed by atoms with van der Waals surface area (Å²) in [7, 11) is 1.73. The lowest BCUT2D eigenvalue weighted by molar-refractivity contribution is 0.0624. The minimum atomic E-state index is -0.231. The first-order chi connectivity index (χ1) is 16.4. The molecule has 0 radical (unpaired) electrons. The molecule has 1 fully saturated rings. The molecule has 1 aliphatic heterocycles. The van der Waals surface area contributed by atoms with Crippen LogP contribution in [0.5, 0.6) is 0 Å². The van der Waals surface area contributed by atoms with Crippen LogP contribution in [0.25, 0.3) is 10.9 Å². The lowest BCUT2D eigenvalue weighted by atomic mass is 10.0. The number of fused-ring (bicyclic) bond motifs is 1. The van der Waals surface area contributed by atoms with Crippen molar-refractivity contribution in [1.82, 2.24) is 14.8 Å². The number of hydrogen-bond donors (Lipinski definition) is 2. The van der Waals surface area contributed by atoms with E-state index in [1.165, 1.54) is 6.07 Å². The van der Waals surface area contributed by atoms with Gasteiger partial charge in [0.05, 0.1) is 11.2 Å². The number of H-pyrrole nitrogens is 1. The van der Waals surface area contributed by atoms with Crippen molar-refractivity contribution in [3.8, 4) is 0 Å². The number of aromatic nitrogens is 1. The number of piperazine rings is 1. The van der Waals surface area contributed by atoms with Crippen LogP contribution in [-0.2, 0) is 11.3 Å². The largest absolute Gasteiger partial charge is 0.385 e. The van der Waals surface area contributed by atoms with Crippen molar-refractivity contribution in [2.75, 3.05) is 51.8 Å². The number of anilines is 1. The predicted molar refractivity (Wildman–Crippen MR) is 135 cm³/mol. The molecule has 1 saturated heterocycles. The molecule has 7 heteroatoms. The second-order valence-corrected chi connectivity index (χ2v) is 9.23. The maximum absolute atomic E-state index is 13.5. The van der Waals surface area contributed by atoms with Crippen molar-refractivity contribution in [2.45, 2.75) is 33.7 Å². The van der Waals surface area contributed by atoms with E-state index >= 15 is 0 Å². The highest BCUT2D eigenvalue weighted by Gasteiger charge is 2.23. The monoisotopic (exact) mass is 466 g/mol. The first-order valence-electron chi connectivity index (χ1n) is 12.0. The van der Waals surface area contributed by atoms with Crippen LogP contribution >= 0.6 is 0 Å². The second-order valence-electron chi connectivity index (χ2n) is 9.23. The van der Waals surface area contributed by atoms with E-state index in [1.54, 1.807) is 19.2 Å². The Labute approximate surface area is 201 Å². The van der Waals surface area contributed by atoms with E-state index in [-0.39, 0.29) is 11.7 Å². The summed E-state index contributed by atoms with van der Waals surface area (Å²) in [5.74, 6) is -0.164. The fourth-order valence-electron chi connectivity index (χ4n) is 4.66. The highest BCUT2D eigenvalue weighted by Crippen LogP contribution is 2.31. The van der Waals surface area contributed by atoms with Gasteiger partial charge in [-0.3, -0.25) is 9.69 Å². The molecular formula is C27H35FN4O2. The molecule has 2 aromatic carbocycles. The second kappa shape index (κ2) is 10.6. The van der Waals surface area contributed by atoms with E-state index in [2.05, 4.69) is 22.1 Å². The number of carbonyl (C=O) groups excluding carboxylic acids is 1. The first kappa shape index (κ1) is 24.2. The van der Waals surface area contributed by atoms with Crippen LogP contribution in [-0.4, -0.2) is 67.1 Å². The number of nitrogens with zero attached hydrogens (tertiary/aromatic N) is 2. The summed E-state index contributed by atoms with van der Waals surface area (Å²) in [5.41, 5.74) is 6.74. The molecule has 2 N–H and O–H groups in total. The molecule has 0 bridgehead atoms. The number of methoxy groups -OCH3 is 1. The van der Waals surface area contributed by atoms with Gasteiger partial charge >= 0.3 is 0 Å². The maximum atomic E-state index is 13.5. The van der Waals surface area contributed by atoms with Crippen LogP contribution in [0.15, 0.2) is 30.3 Å². The number of hydrogen-bond acceptors (Lipinski definition) is 4. The number of aromatic amines is 1. The van der Waals surface area contributed by atoms with Crippen LogP contribution in [0.2, 0.25) is 0 Å². The number of halogens is 1. The molecule has 1 amide bonds. The Bertz CT molecular complexity index is 1170. The Balaban J connectivity index is 1.54. The Morgan fingerprint density at radius 1 is 1.12 bits per heavy atom. The summed E-state index contributed by atoms with van der Waals surface area (Å²) in [5, 5.41) is 4.55. The Morgan fingerprint density at radius 2 is 1.88 bits per heavy atom. The van der Waals surface area contributed by atoms with Crippen molar-refractivity contribution in [3.05, 3.63) is 64.1 Å². The van der Waals surface area contributed by atoms with Gasteiger partial charge in [-0.1, -0.05) is 6.07 Å². The zero-order valence-electron chi connectivity index (χ0n) is 20.6. The molecule has 6 nitrogen and oxygen atoms in total. The van der Waals surface area contributed by atoms with Gasteiger partial charge in [0.25, 0.3) is 5.91 Å². The highest BCUT2D eigenvalue weighted by atomic mass is 19.1. The number of carbonyl (C=O) groups is 1. The van der Waals surface area contributed by atoms with Crippen molar-refractivity contribution in [2.24, 2.45) is 0 Å². The van der Waals surface area contributed by atoms with Gasteiger partial charge in [0.15, 0.2) is 0 Å². The number of nitrogens with one attached hydrogen (secondary N) is 2. The van der Waals surface area contributed by atoms with E-state index in [0.717, 1.165) is 84.7 Å². The summed E-state index contributed by atoms with van der Waals surface area (Å²) >= 11 is 0. The zero-order chi connectivity index (χ0) is 24.2. The molecule has 182 valence electrons. The van der Waals surface area contributed by atoms with Crippen molar-refractivity contribution in [1.29, 1.82) is 0 Å². The normalized spacial score (nSPS) is 14.7. The van der Waals surface area contributed by atoms with Gasteiger partial charge in [-0.15, -0.1) is 0 Å². The van der Waals surface area contributed by atoms with Gasteiger partial charge in [-0.2, -0.15) is 0 Å². The third-order valence-corrected chi connectivity index (χ3v) is 6.92. The molecule has 4 rings (SSSR count). The quantitative estimate of drug-likeness (QED) is 0.475. The van der Waals surface area contributed by atoms with Gasteiger partial charge in [0, 0.05) is 69.6 Å². The van der Waals surface area contributed by atoms with E-state index in [1.807, 2.05) is 30.9 Å². The minimum Gasteiger partial charge on any atom is -0.385 e. The van der Waals surface area contributed by atoms with Gasteiger partial charge in [-0.25, -0.2) is 4.39 Å². The van der Waals surface area contributed by atoms with Crippen molar-refractivity contribution < 1.29 is 13.9 Å². The first-order valence-corrected chi connectivity index (χ1v) is 12.0. The number of benzene rings is 2. The van der Waals surface area contributed by atoms with Gasteiger partial charge in [-0.05, 0) is 68.1 Å². The topological polar surface area (TPSA) is 60.6 Å². The van der Waals surface area contributed by atoms with Crippen LogP contribution in [0.1, 0.15) is 39.2 Å². The molecule has 0 spiro atoms. The molecule has 1 aromatic heterocycles. The molecule has 0 saturated carbocycles. The molecule has 0 unspecified atom stereocenters. The minimum absolute atomic E-state index is 0.0673. The van der Waals surface area contributed by atoms with Crippen molar-refractivity contribution in [3.63, 3.8) is 0 Å². The summed E-state index contributed by atoms with van der Waals surface area (Å²) < 4.78 is 18.7. The van der Waals surface area contributed by atoms with E-state index < -0.39 is 0 Å². The highest BCUT2D eigenvalue weighted by molar-refractivity contribution is 6.03. The molecule has 34 heavy (non-hydrogen) atoms. The third-order valence-electron chi connectivity index (χ3n) is 6.92. The molecule has 0 aliphatic carbocycles. The van der Waals surface area contributed by atoms with Crippen LogP contribution in [0.4, 0.5) is 10.1 Å². The van der Waals surface area contributed by atoms with E-state index in [9.17, 15) is 9.18 Å². The number of aryl methyl sites for hydroxylation is 3. The average Bonchev–Trinajstić information content (AvgIpc) is 3.12. The number of ether oxygens (including phenoxy) is 1. The van der Waals surface area contributed by atoms with Gasteiger partial charge in [0.1, 0.15) is 5.82 Å². The smallest absolute Gasteiger partial charge is 0.254 e. The zero-order valence-corrected chi connectivity index (χ0v) is 20.6. The Morgan fingerprint density at radius 3 is 2.59 bits per heavy atom. The molecular weight excluding hydrogens is 431 g/mol. The predicted octanol–water partition coefficient (Wildman–Crippen LogP) is 4.64. The van der Waals surface area contributed by atoms with Gasteiger partial charge in [0.2, 0.25) is 0 Å². The summed E-state index contributed by atoms with van der Waals surface area (Å²) in [4.78, 5) is 21.3. The van der Waals surface area contributed by atoms with Crippen molar-refractivity contribution >= 4 is 22.5 Å².